The summed E-state index contributed by atoms with van der Waals surface area (Å²) in [7, 11) is 0. The number of rotatable bonds is 7. The van der Waals surface area contributed by atoms with Gasteiger partial charge in [-0.15, -0.1) is 0 Å². The molecule has 8 heteroatoms. The normalized spacial score (nSPS) is 10.6. The van der Waals surface area contributed by atoms with Crippen LogP contribution in [0, 0.1) is 0 Å². The molecule has 0 bridgehead atoms. The van der Waals surface area contributed by atoms with E-state index in [0.717, 1.165) is 4.47 Å². The number of benzene rings is 3. The van der Waals surface area contributed by atoms with Crippen LogP contribution in [0.3, 0.4) is 0 Å². The van der Waals surface area contributed by atoms with Gasteiger partial charge in [0.05, 0.1) is 11.8 Å². The lowest BCUT2D eigenvalue weighted by molar-refractivity contribution is -0.123. The van der Waals surface area contributed by atoms with E-state index < -0.39 is 11.9 Å². The highest BCUT2D eigenvalue weighted by atomic mass is 79.9. The standard InChI is InChI=1S/C22H16BrClN2O4/c23-17-5-2-4-16(12-17)22(28)30-20-6-1-3-15(11-20)13-25-26-21(27)14-29-19-9-7-18(24)8-10-19/h1-13H,14H2,(H,26,27)/b25-13-. The van der Waals surface area contributed by atoms with E-state index in [2.05, 4.69) is 26.5 Å². The molecule has 1 N–H and O–H groups in total. The molecule has 0 fully saturated rings. The molecule has 0 aliphatic heterocycles. The van der Waals surface area contributed by atoms with Crippen LogP contribution in [-0.4, -0.2) is 24.7 Å². The van der Waals surface area contributed by atoms with Gasteiger partial charge in [0.15, 0.2) is 6.61 Å². The number of nitrogens with one attached hydrogen (secondary N) is 1. The first-order valence-electron chi connectivity index (χ1n) is 8.78. The molecule has 0 spiro atoms. The van der Waals surface area contributed by atoms with Crippen molar-refractivity contribution >= 4 is 45.6 Å². The molecule has 0 atom stereocenters. The number of esters is 1. The third-order valence-electron chi connectivity index (χ3n) is 3.72. The Hall–Kier alpha value is -3.16. The molecular formula is C22H16BrClN2O4. The van der Waals surface area contributed by atoms with Crippen molar-refractivity contribution in [3.63, 3.8) is 0 Å². The lowest BCUT2D eigenvalue weighted by atomic mass is 10.2. The summed E-state index contributed by atoms with van der Waals surface area (Å²) in [5, 5.41) is 4.47. The highest BCUT2D eigenvalue weighted by Gasteiger charge is 2.09. The van der Waals surface area contributed by atoms with Crippen LogP contribution < -0.4 is 14.9 Å². The maximum atomic E-state index is 12.2. The molecule has 0 radical (unpaired) electrons. The van der Waals surface area contributed by atoms with E-state index in [4.69, 9.17) is 21.1 Å². The number of hydrogen-bond donors (Lipinski definition) is 1. The van der Waals surface area contributed by atoms with E-state index in [0.29, 0.717) is 27.6 Å². The summed E-state index contributed by atoms with van der Waals surface area (Å²) in [5.74, 6) is -0.00343. The van der Waals surface area contributed by atoms with E-state index in [-0.39, 0.29) is 6.61 Å². The van der Waals surface area contributed by atoms with Gasteiger partial charge in [-0.2, -0.15) is 5.10 Å². The minimum absolute atomic E-state index is 0.191. The number of carbonyl (C=O) groups excluding carboxylic acids is 2. The molecule has 0 aliphatic carbocycles. The molecule has 0 heterocycles. The van der Waals surface area contributed by atoms with Crippen molar-refractivity contribution in [2.45, 2.75) is 0 Å². The van der Waals surface area contributed by atoms with Gasteiger partial charge in [0.2, 0.25) is 0 Å². The van der Waals surface area contributed by atoms with Crippen molar-refractivity contribution < 1.29 is 19.1 Å². The molecule has 3 aromatic rings. The summed E-state index contributed by atoms with van der Waals surface area (Å²) in [6.45, 7) is -0.191. The Morgan fingerprint density at radius 3 is 2.53 bits per heavy atom. The van der Waals surface area contributed by atoms with Crippen LogP contribution in [0.1, 0.15) is 15.9 Å². The summed E-state index contributed by atoms with van der Waals surface area (Å²) < 4.78 is 11.5. The van der Waals surface area contributed by atoms with E-state index in [1.54, 1.807) is 66.7 Å². The van der Waals surface area contributed by atoms with Crippen LogP contribution >= 0.6 is 27.5 Å². The smallest absolute Gasteiger partial charge is 0.343 e. The summed E-state index contributed by atoms with van der Waals surface area (Å²) >= 11 is 9.11. The Morgan fingerprint density at radius 1 is 1.00 bits per heavy atom. The van der Waals surface area contributed by atoms with Crippen LogP contribution in [0.4, 0.5) is 0 Å². The second kappa shape index (κ2) is 10.6. The van der Waals surface area contributed by atoms with Crippen molar-refractivity contribution in [1.29, 1.82) is 0 Å². The number of halogens is 2. The zero-order valence-corrected chi connectivity index (χ0v) is 17.9. The molecule has 0 unspecified atom stereocenters. The third-order valence-corrected chi connectivity index (χ3v) is 4.46. The van der Waals surface area contributed by atoms with E-state index in [1.807, 2.05) is 6.07 Å². The van der Waals surface area contributed by atoms with Gasteiger partial charge in [-0.3, -0.25) is 4.79 Å². The first kappa shape index (κ1) is 21.5. The Bertz CT molecular complexity index is 1070. The van der Waals surface area contributed by atoms with Crippen molar-refractivity contribution in [3.05, 3.63) is 93.4 Å². The molecule has 30 heavy (non-hydrogen) atoms. The number of hydrogen-bond acceptors (Lipinski definition) is 5. The van der Waals surface area contributed by atoms with Crippen LogP contribution in [-0.2, 0) is 4.79 Å². The van der Waals surface area contributed by atoms with Crippen molar-refractivity contribution in [3.8, 4) is 11.5 Å². The van der Waals surface area contributed by atoms with Crippen LogP contribution in [0.15, 0.2) is 82.4 Å². The third kappa shape index (κ3) is 6.72. The Morgan fingerprint density at radius 2 is 1.77 bits per heavy atom. The number of nitrogens with zero attached hydrogens (tertiary/aromatic N) is 1. The summed E-state index contributed by atoms with van der Waals surface area (Å²) in [6, 6.07) is 20.4. The minimum Gasteiger partial charge on any atom is -0.484 e. The monoisotopic (exact) mass is 486 g/mol. The second-order valence-corrected chi connectivity index (χ2v) is 7.36. The Labute approximate surface area is 186 Å². The van der Waals surface area contributed by atoms with E-state index in [9.17, 15) is 9.59 Å². The Kier molecular flexibility index (Phi) is 7.59. The number of carbonyl (C=O) groups is 2. The average Bonchev–Trinajstić information content (AvgIpc) is 2.73. The highest BCUT2D eigenvalue weighted by molar-refractivity contribution is 9.10. The second-order valence-electron chi connectivity index (χ2n) is 6.01. The molecule has 152 valence electrons. The Balaban J connectivity index is 1.51. The van der Waals surface area contributed by atoms with Crippen molar-refractivity contribution in [2.75, 3.05) is 6.61 Å². The van der Waals surface area contributed by atoms with Crippen molar-refractivity contribution in [2.24, 2.45) is 5.10 Å². The number of ether oxygens (including phenoxy) is 2. The molecule has 0 saturated carbocycles. The average molecular weight is 488 g/mol. The minimum atomic E-state index is -0.474. The van der Waals surface area contributed by atoms with Gasteiger partial charge < -0.3 is 9.47 Å². The fourth-order valence-corrected chi connectivity index (χ4v) is 2.86. The molecule has 0 aliphatic rings. The first-order valence-corrected chi connectivity index (χ1v) is 9.95. The van der Waals surface area contributed by atoms with Crippen LogP contribution in [0.25, 0.3) is 0 Å². The largest absolute Gasteiger partial charge is 0.484 e. The lowest BCUT2D eigenvalue weighted by Crippen LogP contribution is -2.24. The van der Waals surface area contributed by atoms with E-state index >= 15 is 0 Å². The van der Waals surface area contributed by atoms with Crippen molar-refractivity contribution in [1.82, 2.24) is 5.43 Å². The zero-order chi connectivity index (χ0) is 21.3. The number of amides is 1. The van der Waals surface area contributed by atoms with Gasteiger partial charge in [-0.1, -0.05) is 45.7 Å². The molecular weight excluding hydrogens is 472 g/mol. The van der Waals surface area contributed by atoms with Gasteiger partial charge in [0, 0.05) is 9.50 Å². The highest BCUT2D eigenvalue weighted by Crippen LogP contribution is 2.17. The summed E-state index contributed by atoms with van der Waals surface area (Å²) in [4.78, 5) is 24.1. The van der Waals surface area contributed by atoms with Gasteiger partial charge in [0.1, 0.15) is 11.5 Å². The fraction of sp³-hybridized carbons (Fsp3) is 0.0455. The molecule has 6 nitrogen and oxygen atoms in total. The SMILES string of the molecule is O=C(COc1ccc(Cl)cc1)N/N=C\c1cccc(OC(=O)c2cccc(Br)c2)c1. The summed E-state index contributed by atoms with van der Waals surface area (Å²) in [6.07, 6.45) is 1.44. The maximum Gasteiger partial charge on any atom is 0.343 e. The summed E-state index contributed by atoms with van der Waals surface area (Å²) in [5.41, 5.74) is 3.45. The van der Waals surface area contributed by atoms with E-state index in [1.165, 1.54) is 6.21 Å². The molecule has 0 saturated heterocycles. The zero-order valence-electron chi connectivity index (χ0n) is 15.5. The quantitative estimate of drug-likeness (QED) is 0.224. The van der Waals surface area contributed by atoms with Gasteiger partial charge in [-0.25, -0.2) is 10.2 Å². The maximum absolute atomic E-state index is 12.2. The molecule has 1 amide bonds. The van der Waals surface area contributed by atoms with Gasteiger partial charge in [-0.05, 0) is 60.2 Å². The van der Waals surface area contributed by atoms with Crippen LogP contribution in [0.5, 0.6) is 11.5 Å². The topological polar surface area (TPSA) is 77.0 Å². The van der Waals surface area contributed by atoms with Crippen LogP contribution in [0.2, 0.25) is 5.02 Å². The fourth-order valence-electron chi connectivity index (χ4n) is 2.33. The van der Waals surface area contributed by atoms with Gasteiger partial charge in [0.25, 0.3) is 5.91 Å². The molecule has 3 aromatic carbocycles. The predicted octanol–water partition coefficient (Wildman–Crippen LogP) is 4.85. The first-order chi connectivity index (χ1) is 14.5. The van der Waals surface area contributed by atoms with Gasteiger partial charge >= 0.3 is 5.97 Å². The lowest BCUT2D eigenvalue weighted by Gasteiger charge is -2.06. The predicted molar refractivity (Wildman–Crippen MR) is 118 cm³/mol. The number of hydrazone groups is 1. The molecule has 0 aromatic heterocycles. The molecule has 3 rings (SSSR count).